The highest BCUT2D eigenvalue weighted by atomic mass is 32.1. The number of benzene rings is 2. The summed E-state index contributed by atoms with van der Waals surface area (Å²) >= 11 is 1.42. The summed E-state index contributed by atoms with van der Waals surface area (Å²) in [5, 5.41) is 2.80. The van der Waals surface area contributed by atoms with Crippen molar-refractivity contribution in [1.82, 2.24) is 4.57 Å². The zero-order chi connectivity index (χ0) is 22.6. The lowest BCUT2D eigenvalue weighted by atomic mass is 9.87. The highest BCUT2D eigenvalue weighted by Gasteiger charge is 2.15. The van der Waals surface area contributed by atoms with Crippen molar-refractivity contribution in [3.05, 3.63) is 58.4 Å². The van der Waals surface area contributed by atoms with Crippen LogP contribution in [0.4, 0.5) is 5.69 Å². The fourth-order valence-electron chi connectivity index (χ4n) is 3.22. The van der Waals surface area contributed by atoms with E-state index in [0.717, 1.165) is 10.2 Å². The number of carbonyl (C=O) groups excluding carboxylic acids is 2. The Morgan fingerprint density at radius 2 is 1.84 bits per heavy atom. The third kappa shape index (κ3) is 5.68. The summed E-state index contributed by atoms with van der Waals surface area (Å²) < 4.78 is 8.46. The van der Waals surface area contributed by atoms with Crippen molar-refractivity contribution in [2.75, 3.05) is 18.5 Å². The van der Waals surface area contributed by atoms with Crippen LogP contribution in [-0.4, -0.2) is 29.6 Å². The minimum absolute atomic E-state index is 0.0259. The molecule has 2 amide bonds. The molecule has 0 atom stereocenters. The molecule has 1 aromatic heterocycles. The first-order chi connectivity index (χ1) is 14.7. The number of hydrogen-bond acceptors (Lipinski definition) is 4. The first kappa shape index (κ1) is 22.9. The summed E-state index contributed by atoms with van der Waals surface area (Å²) in [4.78, 5) is 29.3. The van der Waals surface area contributed by atoms with E-state index < -0.39 is 0 Å². The lowest BCUT2D eigenvalue weighted by molar-refractivity contribution is -0.114. The van der Waals surface area contributed by atoms with Crippen LogP contribution in [0.3, 0.4) is 0 Å². The van der Waals surface area contributed by atoms with Gasteiger partial charge in [-0.05, 0) is 48.2 Å². The van der Waals surface area contributed by atoms with Gasteiger partial charge in [-0.3, -0.25) is 9.59 Å². The predicted octanol–water partition coefficient (Wildman–Crippen LogP) is 4.74. The molecule has 7 heteroatoms. The number of amides is 2. The predicted molar refractivity (Wildman–Crippen MR) is 126 cm³/mol. The van der Waals surface area contributed by atoms with Crippen LogP contribution >= 0.6 is 11.3 Å². The van der Waals surface area contributed by atoms with E-state index in [9.17, 15) is 9.59 Å². The van der Waals surface area contributed by atoms with Crippen LogP contribution in [0, 0.1) is 0 Å². The topological polar surface area (TPSA) is 72.7 Å². The highest BCUT2D eigenvalue weighted by Crippen LogP contribution is 2.23. The average Bonchev–Trinajstić information content (AvgIpc) is 3.03. The van der Waals surface area contributed by atoms with Crippen LogP contribution in [-0.2, 0) is 21.5 Å². The van der Waals surface area contributed by atoms with Gasteiger partial charge in [0.1, 0.15) is 0 Å². The van der Waals surface area contributed by atoms with Crippen molar-refractivity contribution >= 4 is 39.1 Å². The number of ether oxygens (including phenoxy) is 1. The largest absolute Gasteiger partial charge is 0.380 e. The van der Waals surface area contributed by atoms with Gasteiger partial charge in [0, 0.05) is 31.3 Å². The zero-order valence-corrected chi connectivity index (χ0v) is 19.5. The van der Waals surface area contributed by atoms with Gasteiger partial charge in [0.25, 0.3) is 5.91 Å². The average molecular weight is 440 g/mol. The molecule has 0 spiro atoms. The van der Waals surface area contributed by atoms with E-state index in [-0.39, 0.29) is 17.2 Å². The van der Waals surface area contributed by atoms with E-state index in [1.807, 2.05) is 54.0 Å². The summed E-state index contributed by atoms with van der Waals surface area (Å²) in [5.74, 6) is -0.404. The second kappa shape index (κ2) is 9.58. The van der Waals surface area contributed by atoms with Gasteiger partial charge < -0.3 is 14.6 Å². The maximum Gasteiger partial charge on any atom is 0.279 e. The van der Waals surface area contributed by atoms with Gasteiger partial charge in [0.05, 0.1) is 16.8 Å². The van der Waals surface area contributed by atoms with Gasteiger partial charge >= 0.3 is 0 Å². The molecule has 0 fully saturated rings. The van der Waals surface area contributed by atoms with Crippen molar-refractivity contribution in [3.63, 3.8) is 0 Å². The summed E-state index contributed by atoms with van der Waals surface area (Å²) in [5.41, 5.74) is 3.42. The van der Waals surface area contributed by atoms with Crippen molar-refractivity contribution < 1.29 is 14.3 Å². The Morgan fingerprint density at radius 3 is 2.45 bits per heavy atom. The number of hydrogen-bond donors (Lipinski definition) is 1. The molecule has 31 heavy (non-hydrogen) atoms. The van der Waals surface area contributed by atoms with Crippen LogP contribution in [0.15, 0.2) is 47.5 Å². The third-order valence-electron chi connectivity index (χ3n) is 4.86. The Balaban J connectivity index is 2.01. The second-order valence-corrected chi connectivity index (χ2v) is 9.35. The molecule has 3 aromatic rings. The Kier molecular flexibility index (Phi) is 7.08. The summed E-state index contributed by atoms with van der Waals surface area (Å²) in [6.45, 7) is 11.6. The van der Waals surface area contributed by atoms with Gasteiger partial charge in [0.2, 0.25) is 5.91 Å². The van der Waals surface area contributed by atoms with Crippen LogP contribution < -0.4 is 10.1 Å². The molecule has 0 saturated carbocycles. The molecule has 0 aliphatic heterocycles. The fraction of sp³-hybridized carbons (Fsp3) is 0.375. The number of rotatable bonds is 6. The number of fused-ring (bicyclic) bond motifs is 1. The van der Waals surface area contributed by atoms with Crippen LogP contribution in [0.25, 0.3) is 10.2 Å². The molecule has 1 heterocycles. The van der Waals surface area contributed by atoms with Crippen molar-refractivity contribution in [2.24, 2.45) is 4.99 Å². The SMILES string of the molecule is CCOCCn1c(=NC(=O)c2ccc(C(C)(C)C)cc2)sc2cc(NC(C)=O)ccc21. The molecule has 0 radical (unpaired) electrons. The standard InChI is InChI=1S/C24H29N3O3S/c1-6-30-14-13-27-20-12-11-19(25-16(2)28)15-21(20)31-23(27)26-22(29)17-7-9-18(10-8-17)24(3,4)5/h7-12,15H,6,13-14H2,1-5H3,(H,25,28). The lowest BCUT2D eigenvalue weighted by Gasteiger charge is -2.18. The maximum absolute atomic E-state index is 12.9. The van der Waals surface area contributed by atoms with E-state index in [1.165, 1.54) is 23.8 Å². The quantitative estimate of drug-likeness (QED) is 0.564. The molecule has 164 valence electrons. The van der Waals surface area contributed by atoms with Crippen LogP contribution in [0.5, 0.6) is 0 Å². The van der Waals surface area contributed by atoms with Gasteiger partial charge in [-0.15, -0.1) is 0 Å². The third-order valence-corrected chi connectivity index (χ3v) is 5.90. The molecular weight excluding hydrogens is 410 g/mol. The molecule has 0 unspecified atom stereocenters. The van der Waals surface area contributed by atoms with Crippen molar-refractivity contribution in [1.29, 1.82) is 0 Å². The van der Waals surface area contributed by atoms with Gasteiger partial charge in [-0.25, -0.2) is 0 Å². The Bertz CT molecular complexity index is 1150. The molecule has 0 saturated heterocycles. The maximum atomic E-state index is 12.9. The number of thiazole rings is 1. The number of nitrogens with zero attached hydrogens (tertiary/aromatic N) is 2. The number of carbonyl (C=O) groups is 2. The van der Waals surface area contributed by atoms with E-state index in [0.29, 0.717) is 35.8 Å². The number of nitrogens with one attached hydrogen (secondary N) is 1. The lowest BCUT2D eigenvalue weighted by Crippen LogP contribution is -2.20. The Labute approximate surface area is 186 Å². The van der Waals surface area contributed by atoms with Gasteiger partial charge in [-0.2, -0.15) is 4.99 Å². The van der Waals surface area contributed by atoms with E-state index in [4.69, 9.17) is 4.74 Å². The molecule has 0 aliphatic rings. The summed E-state index contributed by atoms with van der Waals surface area (Å²) in [6.07, 6.45) is 0. The second-order valence-electron chi connectivity index (χ2n) is 8.34. The molecule has 2 aromatic carbocycles. The number of anilines is 1. The minimum atomic E-state index is -0.278. The Morgan fingerprint density at radius 1 is 1.13 bits per heavy atom. The van der Waals surface area contributed by atoms with E-state index in [1.54, 1.807) is 0 Å². The number of aromatic nitrogens is 1. The Hall–Kier alpha value is -2.77. The molecule has 6 nitrogen and oxygen atoms in total. The smallest absolute Gasteiger partial charge is 0.279 e. The summed E-state index contributed by atoms with van der Waals surface area (Å²) in [6, 6.07) is 13.3. The highest BCUT2D eigenvalue weighted by molar-refractivity contribution is 7.16. The minimum Gasteiger partial charge on any atom is -0.380 e. The zero-order valence-electron chi connectivity index (χ0n) is 18.7. The molecule has 1 N–H and O–H groups in total. The van der Waals surface area contributed by atoms with Crippen LogP contribution in [0.2, 0.25) is 0 Å². The first-order valence-electron chi connectivity index (χ1n) is 10.4. The van der Waals surface area contributed by atoms with Crippen LogP contribution in [0.1, 0.15) is 50.5 Å². The molecule has 0 bridgehead atoms. The van der Waals surface area contributed by atoms with Gasteiger partial charge in [-0.1, -0.05) is 44.2 Å². The van der Waals surface area contributed by atoms with E-state index in [2.05, 4.69) is 31.1 Å². The van der Waals surface area contributed by atoms with Crippen molar-refractivity contribution in [3.8, 4) is 0 Å². The van der Waals surface area contributed by atoms with Crippen molar-refractivity contribution in [2.45, 2.75) is 46.6 Å². The summed E-state index contributed by atoms with van der Waals surface area (Å²) in [7, 11) is 0. The normalized spacial score (nSPS) is 12.4. The molecule has 0 aliphatic carbocycles. The van der Waals surface area contributed by atoms with Gasteiger partial charge in [0.15, 0.2) is 4.80 Å². The molecule has 3 rings (SSSR count). The molecular formula is C24H29N3O3S. The van der Waals surface area contributed by atoms with E-state index >= 15 is 0 Å². The monoisotopic (exact) mass is 439 g/mol. The fourth-order valence-corrected chi connectivity index (χ4v) is 4.31. The first-order valence-corrected chi connectivity index (χ1v) is 11.2.